The molecule has 1 aromatic rings. The van der Waals surface area contributed by atoms with E-state index in [9.17, 15) is 4.21 Å². The molecule has 3 unspecified atom stereocenters. The van der Waals surface area contributed by atoms with Crippen LogP contribution in [0.4, 0.5) is 0 Å². The summed E-state index contributed by atoms with van der Waals surface area (Å²) in [7, 11) is -0.985. The highest BCUT2D eigenvalue weighted by Crippen LogP contribution is 2.28. The van der Waals surface area contributed by atoms with Crippen molar-refractivity contribution in [3.05, 3.63) is 30.3 Å². The second-order valence-electron chi connectivity index (χ2n) is 6.88. The first-order valence-corrected chi connectivity index (χ1v) is 10.4. The summed E-state index contributed by atoms with van der Waals surface area (Å²) in [6, 6.07) is 10.1. The Morgan fingerprint density at radius 1 is 1.16 bits per heavy atom. The Morgan fingerprint density at radius 2 is 1.80 bits per heavy atom. The van der Waals surface area contributed by atoms with Gasteiger partial charge >= 0.3 is 0 Å². The summed E-state index contributed by atoms with van der Waals surface area (Å²) in [5, 5.41) is 6.88. The van der Waals surface area contributed by atoms with Gasteiger partial charge < -0.3 is 10.6 Å². The molecule has 2 rings (SSSR count). The van der Waals surface area contributed by atoms with Gasteiger partial charge in [0.15, 0.2) is 5.96 Å². The molecule has 1 aliphatic rings. The van der Waals surface area contributed by atoms with E-state index in [4.69, 9.17) is 0 Å². The first-order chi connectivity index (χ1) is 11.6. The van der Waals surface area contributed by atoms with Gasteiger partial charge in [-0.15, -0.1) is 24.0 Å². The maximum atomic E-state index is 12.3. The van der Waals surface area contributed by atoms with E-state index in [-0.39, 0.29) is 24.0 Å². The standard InChI is InChI=1S/C19H31N3OS.HI/c1-4-20-19(22-17-13-15(2)12-16(3)14-17)21-10-11-24(23)18-8-6-5-7-9-18;/h5-9,15-17H,4,10-14H2,1-3H3,(H2,20,21,22);1H. The van der Waals surface area contributed by atoms with Gasteiger partial charge in [-0.3, -0.25) is 9.20 Å². The van der Waals surface area contributed by atoms with E-state index < -0.39 is 10.8 Å². The maximum Gasteiger partial charge on any atom is 0.191 e. The monoisotopic (exact) mass is 477 g/mol. The van der Waals surface area contributed by atoms with E-state index in [0.717, 1.165) is 29.2 Å². The van der Waals surface area contributed by atoms with Crippen LogP contribution in [0.3, 0.4) is 0 Å². The van der Waals surface area contributed by atoms with E-state index in [2.05, 4.69) is 36.4 Å². The number of aliphatic imine (C=N–C) groups is 1. The van der Waals surface area contributed by atoms with Gasteiger partial charge in [-0.1, -0.05) is 32.0 Å². The van der Waals surface area contributed by atoms with E-state index in [1.165, 1.54) is 19.3 Å². The lowest BCUT2D eigenvalue weighted by molar-refractivity contribution is 0.255. The SMILES string of the molecule is CCNC(=NCCS(=O)c1ccccc1)NC1CC(C)CC(C)C1.I. The zero-order chi connectivity index (χ0) is 17.4. The highest BCUT2D eigenvalue weighted by molar-refractivity contribution is 14.0. The fraction of sp³-hybridized carbons (Fsp3) is 0.632. The molecule has 0 saturated heterocycles. The molecule has 3 atom stereocenters. The average Bonchev–Trinajstić information content (AvgIpc) is 2.54. The van der Waals surface area contributed by atoms with Crippen LogP contribution >= 0.6 is 24.0 Å². The number of nitrogens with zero attached hydrogens (tertiary/aromatic N) is 1. The molecule has 0 radical (unpaired) electrons. The number of halogens is 1. The van der Waals surface area contributed by atoms with Gasteiger partial charge in [-0.25, -0.2) is 0 Å². The van der Waals surface area contributed by atoms with E-state index in [1.54, 1.807) is 0 Å². The third kappa shape index (κ3) is 8.07. The van der Waals surface area contributed by atoms with Crippen LogP contribution in [0.2, 0.25) is 0 Å². The molecule has 2 N–H and O–H groups in total. The lowest BCUT2D eigenvalue weighted by atomic mass is 9.80. The van der Waals surface area contributed by atoms with Crippen molar-refractivity contribution in [2.75, 3.05) is 18.8 Å². The highest BCUT2D eigenvalue weighted by Gasteiger charge is 2.24. The van der Waals surface area contributed by atoms with Gasteiger partial charge in [0.2, 0.25) is 0 Å². The lowest BCUT2D eigenvalue weighted by Gasteiger charge is -2.32. The minimum absolute atomic E-state index is 0. The largest absolute Gasteiger partial charge is 0.357 e. The van der Waals surface area contributed by atoms with Gasteiger partial charge in [-0.05, 0) is 50.2 Å². The predicted octanol–water partition coefficient (Wildman–Crippen LogP) is 3.79. The van der Waals surface area contributed by atoms with E-state index >= 15 is 0 Å². The minimum Gasteiger partial charge on any atom is -0.357 e. The number of rotatable bonds is 6. The second-order valence-corrected chi connectivity index (χ2v) is 8.45. The molecule has 0 aliphatic heterocycles. The van der Waals surface area contributed by atoms with Crippen LogP contribution in [0.1, 0.15) is 40.0 Å². The Kier molecular flexibility index (Phi) is 10.7. The zero-order valence-corrected chi connectivity index (χ0v) is 18.7. The Bertz CT molecular complexity index is 543. The number of hydrogen-bond acceptors (Lipinski definition) is 2. The topological polar surface area (TPSA) is 53.5 Å². The van der Waals surface area contributed by atoms with Crippen LogP contribution in [0.15, 0.2) is 40.2 Å². The van der Waals surface area contributed by atoms with Crippen LogP contribution in [0, 0.1) is 11.8 Å². The van der Waals surface area contributed by atoms with Crippen molar-refractivity contribution in [3.8, 4) is 0 Å². The summed E-state index contributed by atoms with van der Waals surface area (Å²) in [5.74, 6) is 2.94. The second kappa shape index (κ2) is 11.9. The van der Waals surface area contributed by atoms with Crippen molar-refractivity contribution in [3.63, 3.8) is 0 Å². The summed E-state index contributed by atoms with van der Waals surface area (Å²) in [4.78, 5) is 5.50. The Balaban J connectivity index is 0.00000312. The zero-order valence-electron chi connectivity index (χ0n) is 15.5. The molecule has 1 aliphatic carbocycles. The molecule has 4 nitrogen and oxygen atoms in total. The molecule has 142 valence electrons. The number of hydrogen-bond donors (Lipinski definition) is 2. The van der Waals surface area contributed by atoms with Crippen LogP contribution in [0.5, 0.6) is 0 Å². The number of benzene rings is 1. The molecule has 1 saturated carbocycles. The van der Waals surface area contributed by atoms with Crippen LogP contribution in [0.25, 0.3) is 0 Å². The summed E-state index contributed by atoms with van der Waals surface area (Å²) in [6.07, 6.45) is 3.72. The van der Waals surface area contributed by atoms with Gasteiger partial charge in [0.25, 0.3) is 0 Å². The van der Waals surface area contributed by atoms with Crippen LogP contribution in [-0.4, -0.2) is 35.1 Å². The Hall–Kier alpha value is -0.630. The number of nitrogens with one attached hydrogen (secondary N) is 2. The first-order valence-electron chi connectivity index (χ1n) is 9.06. The molecule has 0 amide bonds. The van der Waals surface area contributed by atoms with Gasteiger partial charge in [0.05, 0.1) is 17.3 Å². The summed E-state index contributed by atoms with van der Waals surface area (Å²) in [6.45, 7) is 8.14. The molecule has 1 aromatic carbocycles. The quantitative estimate of drug-likeness (QED) is 0.373. The van der Waals surface area contributed by atoms with Crippen LogP contribution < -0.4 is 10.6 Å². The molecule has 1 fully saturated rings. The molecule has 6 heteroatoms. The molecular weight excluding hydrogens is 445 g/mol. The molecule has 25 heavy (non-hydrogen) atoms. The predicted molar refractivity (Wildman–Crippen MR) is 118 cm³/mol. The first kappa shape index (κ1) is 22.4. The summed E-state index contributed by atoms with van der Waals surface area (Å²) < 4.78 is 12.3. The van der Waals surface area contributed by atoms with E-state index in [0.29, 0.717) is 18.3 Å². The molecular formula is C19H32IN3OS. The fourth-order valence-corrected chi connectivity index (χ4v) is 4.46. The minimum atomic E-state index is -0.985. The van der Waals surface area contributed by atoms with Crippen molar-refractivity contribution in [1.29, 1.82) is 0 Å². The normalized spacial score (nSPS) is 24.9. The van der Waals surface area contributed by atoms with Crippen molar-refractivity contribution >= 4 is 40.7 Å². The number of guanidine groups is 1. The fourth-order valence-electron chi connectivity index (χ4n) is 3.51. The van der Waals surface area contributed by atoms with Crippen molar-refractivity contribution in [1.82, 2.24) is 10.6 Å². The van der Waals surface area contributed by atoms with Crippen molar-refractivity contribution in [2.24, 2.45) is 16.8 Å². The third-order valence-corrected chi connectivity index (χ3v) is 5.77. The van der Waals surface area contributed by atoms with Gasteiger partial charge in [0.1, 0.15) is 0 Å². The maximum absolute atomic E-state index is 12.3. The lowest BCUT2D eigenvalue weighted by Crippen LogP contribution is -2.46. The van der Waals surface area contributed by atoms with Gasteiger partial charge in [-0.2, -0.15) is 0 Å². The third-order valence-electron chi connectivity index (χ3n) is 4.42. The van der Waals surface area contributed by atoms with Crippen molar-refractivity contribution < 1.29 is 4.21 Å². The molecule has 0 spiro atoms. The molecule has 0 bridgehead atoms. The van der Waals surface area contributed by atoms with Crippen LogP contribution in [-0.2, 0) is 10.8 Å². The molecule has 0 aromatic heterocycles. The summed E-state index contributed by atoms with van der Waals surface area (Å²) in [5.41, 5.74) is 0. The highest BCUT2D eigenvalue weighted by atomic mass is 127. The Morgan fingerprint density at radius 3 is 2.40 bits per heavy atom. The van der Waals surface area contributed by atoms with E-state index in [1.807, 2.05) is 30.3 Å². The van der Waals surface area contributed by atoms with Gasteiger partial charge in [0, 0.05) is 23.2 Å². The molecule has 0 heterocycles. The Labute approximate surface area is 172 Å². The summed E-state index contributed by atoms with van der Waals surface area (Å²) >= 11 is 0. The van der Waals surface area contributed by atoms with Crippen molar-refractivity contribution in [2.45, 2.75) is 51.0 Å². The average molecular weight is 477 g/mol. The smallest absolute Gasteiger partial charge is 0.191 e.